The molecular formula is C18H22O6S2. The monoisotopic (exact) mass is 398 g/mol. The van der Waals surface area contributed by atoms with E-state index in [-0.39, 0.29) is 9.75 Å². The van der Waals surface area contributed by atoms with Crippen molar-refractivity contribution in [2.75, 3.05) is 13.2 Å². The molecule has 8 heteroatoms. The molecule has 0 saturated heterocycles. The molecule has 142 valence electrons. The molecule has 0 radical (unpaired) electrons. The number of ether oxygens (including phenoxy) is 2. The van der Waals surface area contributed by atoms with Crippen molar-refractivity contribution >= 4 is 34.6 Å². The highest BCUT2D eigenvalue weighted by atomic mass is 32.1. The normalized spacial score (nSPS) is 10.6. The van der Waals surface area contributed by atoms with E-state index in [1.165, 1.54) is 22.7 Å². The molecule has 0 bridgehead atoms. The minimum Gasteiger partial charge on any atom is -0.492 e. The third kappa shape index (κ3) is 6.34. The van der Waals surface area contributed by atoms with E-state index in [4.69, 9.17) is 19.7 Å². The Hall–Kier alpha value is -2.06. The van der Waals surface area contributed by atoms with Crippen LogP contribution in [-0.4, -0.2) is 35.4 Å². The van der Waals surface area contributed by atoms with Gasteiger partial charge in [0, 0.05) is 0 Å². The zero-order valence-electron chi connectivity index (χ0n) is 14.3. The van der Waals surface area contributed by atoms with Crippen LogP contribution < -0.4 is 9.47 Å². The third-order valence-corrected chi connectivity index (χ3v) is 5.47. The van der Waals surface area contributed by atoms with Gasteiger partial charge in [-0.2, -0.15) is 0 Å². The highest BCUT2D eigenvalue weighted by Gasteiger charge is 2.13. The van der Waals surface area contributed by atoms with Gasteiger partial charge in [0.05, 0.1) is 13.2 Å². The highest BCUT2D eigenvalue weighted by Crippen LogP contribution is 2.25. The molecule has 2 aromatic rings. The van der Waals surface area contributed by atoms with Gasteiger partial charge in [0.1, 0.15) is 11.5 Å². The molecule has 26 heavy (non-hydrogen) atoms. The number of carboxylic acids is 2. The van der Waals surface area contributed by atoms with Crippen LogP contribution in [0.5, 0.6) is 11.5 Å². The van der Waals surface area contributed by atoms with E-state index in [0.717, 1.165) is 38.5 Å². The second-order valence-electron chi connectivity index (χ2n) is 5.66. The smallest absolute Gasteiger partial charge is 0.349 e. The van der Waals surface area contributed by atoms with E-state index >= 15 is 0 Å². The van der Waals surface area contributed by atoms with E-state index in [9.17, 15) is 9.59 Å². The summed E-state index contributed by atoms with van der Waals surface area (Å²) in [7, 11) is 0. The van der Waals surface area contributed by atoms with Crippen molar-refractivity contribution in [2.45, 2.75) is 38.5 Å². The zero-order valence-corrected chi connectivity index (χ0v) is 15.9. The predicted octanol–water partition coefficient (Wildman–Crippen LogP) is 5.00. The third-order valence-electron chi connectivity index (χ3n) is 3.70. The summed E-state index contributed by atoms with van der Waals surface area (Å²) in [6, 6.07) is 3.38. The number of hydrogen-bond acceptors (Lipinski definition) is 6. The van der Waals surface area contributed by atoms with Gasteiger partial charge < -0.3 is 19.7 Å². The first-order valence-corrected chi connectivity index (χ1v) is 10.2. The van der Waals surface area contributed by atoms with E-state index in [0.29, 0.717) is 24.7 Å². The van der Waals surface area contributed by atoms with Crippen LogP contribution in [0.25, 0.3) is 0 Å². The number of thiophene rings is 2. The Morgan fingerprint density at radius 1 is 0.731 bits per heavy atom. The van der Waals surface area contributed by atoms with Gasteiger partial charge >= 0.3 is 11.9 Å². The molecule has 2 aromatic heterocycles. The summed E-state index contributed by atoms with van der Waals surface area (Å²) in [4.78, 5) is 22.4. The van der Waals surface area contributed by atoms with Crippen LogP contribution in [0.2, 0.25) is 0 Å². The fourth-order valence-electron chi connectivity index (χ4n) is 2.41. The van der Waals surface area contributed by atoms with Crippen LogP contribution >= 0.6 is 22.7 Å². The summed E-state index contributed by atoms with van der Waals surface area (Å²) in [5, 5.41) is 21.4. The maximum absolute atomic E-state index is 11.0. The van der Waals surface area contributed by atoms with E-state index in [1.54, 1.807) is 22.9 Å². The fourth-order valence-corrected chi connectivity index (χ4v) is 3.75. The lowest BCUT2D eigenvalue weighted by Crippen LogP contribution is -2.02. The van der Waals surface area contributed by atoms with Crippen molar-refractivity contribution in [1.29, 1.82) is 0 Å². The van der Waals surface area contributed by atoms with Crippen molar-refractivity contribution < 1.29 is 29.3 Å². The summed E-state index contributed by atoms with van der Waals surface area (Å²) in [5.74, 6) is -0.993. The number of aromatic carboxylic acids is 2. The zero-order chi connectivity index (χ0) is 18.8. The molecule has 0 fully saturated rings. The maximum Gasteiger partial charge on any atom is 0.349 e. The number of hydrogen-bond donors (Lipinski definition) is 2. The summed E-state index contributed by atoms with van der Waals surface area (Å²) in [6.45, 7) is 1.05. The van der Waals surface area contributed by atoms with Crippen molar-refractivity contribution in [3.05, 3.63) is 32.6 Å². The first-order valence-electron chi connectivity index (χ1n) is 8.46. The van der Waals surface area contributed by atoms with Crippen molar-refractivity contribution in [1.82, 2.24) is 0 Å². The Morgan fingerprint density at radius 2 is 1.12 bits per heavy atom. The molecule has 0 spiro atoms. The quantitative estimate of drug-likeness (QED) is 0.461. The van der Waals surface area contributed by atoms with Gasteiger partial charge in [-0.05, 0) is 35.7 Å². The van der Waals surface area contributed by atoms with Gasteiger partial charge in [-0.15, -0.1) is 22.7 Å². The molecule has 2 N–H and O–H groups in total. The number of rotatable bonds is 13. The molecule has 2 heterocycles. The number of carbonyl (C=O) groups is 2. The van der Waals surface area contributed by atoms with Gasteiger partial charge in [-0.1, -0.05) is 25.7 Å². The molecule has 0 saturated carbocycles. The van der Waals surface area contributed by atoms with Crippen molar-refractivity contribution in [3.8, 4) is 11.5 Å². The fraction of sp³-hybridized carbons (Fsp3) is 0.444. The van der Waals surface area contributed by atoms with E-state index in [2.05, 4.69) is 0 Å². The van der Waals surface area contributed by atoms with Crippen LogP contribution in [0.15, 0.2) is 22.9 Å². The maximum atomic E-state index is 11.0. The average molecular weight is 399 g/mol. The standard InChI is InChI=1S/C18H22O6S2/c19-17(20)15-13(7-11-25-15)23-9-5-3-1-2-4-6-10-24-14-8-12-26-16(14)18(21)22/h7-8,11-12H,1-6,9-10H2,(H,19,20)(H,21,22). The van der Waals surface area contributed by atoms with Gasteiger partial charge in [-0.3, -0.25) is 0 Å². The van der Waals surface area contributed by atoms with Crippen molar-refractivity contribution in [3.63, 3.8) is 0 Å². The van der Waals surface area contributed by atoms with Gasteiger partial charge in [0.2, 0.25) is 0 Å². The average Bonchev–Trinajstić information content (AvgIpc) is 3.25. The molecule has 0 aromatic carbocycles. The Balaban J connectivity index is 1.47. The Morgan fingerprint density at radius 3 is 1.50 bits per heavy atom. The Kier molecular flexibility index (Phi) is 8.43. The Bertz CT molecular complexity index is 646. The lowest BCUT2D eigenvalue weighted by atomic mass is 10.1. The predicted molar refractivity (Wildman–Crippen MR) is 101 cm³/mol. The summed E-state index contributed by atoms with van der Waals surface area (Å²) in [5.41, 5.74) is 0. The molecule has 0 unspecified atom stereocenters. The largest absolute Gasteiger partial charge is 0.492 e. The van der Waals surface area contributed by atoms with Crippen LogP contribution in [0.3, 0.4) is 0 Å². The number of carboxylic acid groups (broad SMARTS) is 2. The minimum absolute atomic E-state index is 0.252. The van der Waals surface area contributed by atoms with Crippen molar-refractivity contribution in [2.24, 2.45) is 0 Å². The van der Waals surface area contributed by atoms with E-state index < -0.39 is 11.9 Å². The lowest BCUT2D eigenvalue weighted by Gasteiger charge is -2.06. The van der Waals surface area contributed by atoms with E-state index in [1.807, 2.05) is 0 Å². The molecular weight excluding hydrogens is 376 g/mol. The highest BCUT2D eigenvalue weighted by molar-refractivity contribution is 7.12. The molecule has 6 nitrogen and oxygen atoms in total. The lowest BCUT2D eigenvalue weighted by molar-refractivity contribution is 0.0686. The van der Waals surface area contributed by atoms with Crippen LogP contribution in [-0.2, 0) is 0 Å². The molecule has 2 rings (SSSR count). The first kappa shape index (κ1) is 20.3. The van der Waals surface area contributed by atoms with Crippen LogP contribution in [0.4, 0.5) is 0 Å². The Labute approximate surface area is 160 Å². The van der Waals surface area contributed by atoms with Crippen LogP contribution in [0.1, 0.15) is 57.9 Å². The minimum atomic E-state index is -0.949. The molecule has 0 atom stereocenters. The molecule has 0 aliphatic rings. The second kappa shape index (κ2) is 10.8. The van der Waals surface area contributed by atoms with Crippen LogP contribution in [0, 0.1) is 0 Å². The molecule has 0 aliphatic carbocycles. The molecule has 0 amide bonds. The van der Waals surface area contributed by atoms with Gasteiger partial charge in [0.25, 0.3) is 0 Å². The SMILES string of the molecule is O=C(O)c1sccc1OCCCCCCCCOc1ccsc1C(=O)O. The van der Waals surface area contributed by atoms with Gasteiger partial charge in [-0.25, -0.2) is 9.59 Å². The second-order valence-corrected chi connectivity index (χ2v) is 7.49. The first-order chi connectivity index (χ1) is 12.6. The number of unbranched alkanes of at least 4 members (excludes halogenated alkanes) is 5. The summed E-state index contributed by atoms with van der Waals surface area (Å²) >= 11 is 2.34. The summed E-state index contributed by atoms with van der Waals surface area (Å²) < 4.78 is 11.0. The summed E-state index contributed by atoms with van der Waals surface area (Å²) in [6.07, 6.45) is 6.00. The molecule has 0 aliphatic heterocycles. The van der Waals surface area contributed by atoms with Gasteiger partial charge in [0.15, 0.2) is 9.75 Å². The topological polar surface area (TPSA) is 93.1 Å².